The number of anilines is 1. The minimum absolute atomic E-state index is 0.121. The van der Waals surface area contributed by atoms with Crippen LogP contribution >= 0.6 is 10.7 Å². The molecule has 1 fully saturated rings. The number of rotatable bonds is 4. The molecule has 0 N–H and O–H groups in total. The van der Waals surface area contributed by atoms with E-state index in [0.29, 0.717) is 12.3 Å². The Bertz CT molecular complexity index is 1440. The van der Waals surface area contributed by atoms with E-state index in [2.05, 4.69) is 38.9 Å². The Hall–Kier alpha value is -3.36. The van der Waals surface area contributed by atoms with E-state index in [1.165, 1.54) is 6.39 Å². The van der Waals surface area contributed by atoms with Crippen LogP contribution in [0.3, 0.4) is 0 Å². The van der Waals surface area contributed by atoms with Crippen LogP contribution in [0.2, 0.25) is 0 Å². The van der Waals surface area contributed by atoms with Gasteiger partial charge in [0.25, 0.3) is 0 Å². The van der Waals surface area contributed by atoms with Gasteiger partial charge >= 0.3 is 0 Å². The highest BCUT2D eigenvalue weighted by Crippen LogP contribution is 2.49. The Morgan fingerprint density at radius 3 is 2.71 bits per heavy atom. The maximum atomic E-state index is 14.2. The fourth-order valence-electron chi connectivity index (χ4n) is 5.52. The van der Waals surface area contributed by atoms with E-state index in [1.54, 1.807) is 6.20 Å². The lowest BCUT2D eigenvalue weighted by Crippen LogP contribution is -2.47. The van der Waals surface area contributed by atoms with Gasteiger partial charge in [-0.25, -0.2) is 4.98 Å². The summed E-state index contributed by atoms with van der Waals surface area (Å²) >= 11 is 0. The molecule has 0 saturated carbocycles. The first kappa shape index (κ1) is 22.1. The molecule has 1 amide bonds. The van der Waals surface area contributed by atoms with E-state index < -0.39 is 5.41 Å². The van der Waals surface area contributed by atoms with Gasteiger partial charge in [-0.3, -0.25) is 19.1 Å². The first-order chi connectivity index (χ1) is 17.1. The summed E-state index contributed by atoms with van der Waals surface area (Å²) in [5.74, 6) is 0.797. The summed E-state index contributed by atoms with van der Waals surface area (Å²) in [4.78, 5) is 29.4. The fourth-order valence-corrected chi connectivity index (χ4v) is 6.58. The van der Waals surface area contributed by atoms with Crippen molar-refractivity contribution in [3.05, 3.63) is 72.8 Å². The molecule has 35 heavy (non-hydrogen) atoms. The van der Waals surface area contributed by atoms with Crippen molar-refractivity contribution in [2.24, 2.45) is 0 Å². The van der Waals surface area contributed by atoms with Gasteiger partial charge in [-0.15, -0.1) is 10.7 Å². The molecule has 3 aromatic heterocycles. The van der Waals surface area contributed by atoms with Crippen LogP contribution in [0.1, 0.15) is 31.0 Å². The van der Waals surface area contributed by atoms with Crippen LogP contribution in [0.5, 0.6) is 0 Å². The minimum Gasteiger partial charge on any atom is -0.443 e. The van der Waals surface area contributed by atoms with Crippen molar-refractivity contribution >= 4 is 38.4 Å². The molecule has 0 bridgehead atoms. The van der Waals surface area contributed by atoms with Crippen molar-refractivity contribution in [3.63, 3.8) is 0 Å². The number of hydrogen-bond acceptors (Lipinski definition) is 6. The van der Waals surface area contributed by atoms with Crippen LogP contribution in [-0.2, 0) is 16.8 Å². The molecule has 1 aromatic carbocycles. The lowest BCUT2D eigenvalue weighted by atomic mass is 9.74. The smallest absolute Gasteiger partial charge is 0.238 e. The Kier molecular flexibility index (Phi) is 5.50. The Morgan fingerprint density at radius 1 is 1.11 bits per heavy atom. The Morgan fingerprint density at radius 2 is 1.94 bits per heavy atom. The third kappa shape index (κ3) is 3.51. The number of benzene rings is 1. The minimum atomic E-state index is -0.504. The van der Waals surface area contributed by atoms with E-state index in [4.69, 9.17) is 9.40 Å². The summed E-state index contributed by atoms with van der Waals surface area (Å²) in [6.07, 6.45) is 12.5. The van der Waals surface area contributed by atoms with Gasteiger partial charge < -0.3 is 9.32 Å². The molecule has 1 atom stereocenters. The molecule has 0 radical (unpaired) electrons. The molecule has 1 spiro atoms. The van der Waals surface area contributed by atoms with Crippen molar-refractivity contribution < 1.29 is 9.21 Å². The van der Waals surface area contributed by atoms with E-state index >= 15 is 0 Å². The number of nitrogens with zero attached hydrogens (tertiary/aromatic N) is 5. The predicted molar refractivity (Wildman–Crippen MR) is 140 cm³/mol. The molecule has 1 saturated heterocycles. The van der Waals surface area contributed by atoms with Crippen LogP contribution in [0, 0.1) is 0 Å². The Labute approximate surface area is 206 Å². The Balaban J connectivity index is 1.41. The number of fused-ring (bicyclic) bond motifs is 3. The van der Waals surface area contributed by atoms with Gasteiger partial charge in [0.2, 0.25) is 5.91 Å². The van der Waals surface area contributed by atoms with E-state index in [1.807, 2.05) is 47.8 Å². The van der Waals surface area contributed by atoms with E-state index in [-0.39, 0.29) is 16.6 Å². The van der Waals surface area contributed by atoms with Crippen LogP contribution < -0.4 is 4.90 Å². The highest BCUT2D eigenvalue weighted by Gasteiger charge is 2.52. The molecule has 2 aliphatic rings. The van der Waals surface area contributed by atoms with E-state index in [9.17, 15) is 4.79 Å². The first-order valence-corrected chi connectivity index (χ1v) is 13.5. The highest BCUT2D eigenvalue weighted by atomic mass is 32.2. The third-order valence-corrected chi connectivity index (χ3v) is 9.31. The van der Waals surface area contributed by atoms with Crippen molar-refractivity contribution in [2.45, 2.75) is 31.7 Å². The number of pyridine rings is 2. The lowest BCUT2D eigenvalue weighted by molar-refractivity contribution is -0.124. The van der Waals surface area contributed by atoms with Crippen molar-refractivity contribution in [1.29, 1.82) is 0 Å². The molecule has 178 valence electrons. The predicted octanol–water partition coefficient (Wildman–Crippen LogP) is 4.80. The average Bonchev–Trinajstić information content (AvgIpc) is 3.51. The zero-order valence-corrected chi connectivity index (χ0v) is 20.7. The third-order valence-electron chi connectivity index (χ3n) is 7.45. The molecule has 4 aromatic rings. The molecule has 2 aliphatic heterocycles. The normalized spacial score (nSPS) is 18.5. The zero-order chi connectivity index (χ0) is 24.0. The SMILES string of the molecule is C/C=S(\C)N1CCC2(CC1)C(=O)N(Cc1ncc3ccccc3c1-c1cnco1)c1cnccc12. The largest absolute Gasteiger partial charge is 0.443 e. The summed E-state index contributed by atoms with van der Waals surface area (Å²) in [7, 11) is 0.121. The molecule has 7 nitrogen and oxygen atoms in total. The van der Waals surface area contributed by atoms with Gasteiger partial charge in [-0.05, 0) is 43.0 Å². The second kappa shape index (κ2) is 8.70. The number of carbonyl (C=O) groups is 1. The van der Waals surface area contributed by atoms with Crippen molar-refractivity contribution in [1.82, 2.24) is 19.3 Å². The van der Waals surface area contributed by atoms with Gasteiger partial charge in [0.05, 0.1) is 41.3 Å². The molecular formula is C27H27N5O2S. The number of carbonyl (C=O) groups excluding carboxylic acids is 1. The molecule has 1 unspecified atom stereocenters. The summed E-state index contributed by atoms with van der Waals surface area (Å²) in [6.45, 7) is 4.27. The summed E-state index contributed by atoms with van der Waals surface area (Å²) < 4.78 is 8.19. The molecule has 5 heterocycles. The number of aromatic nitrogens is 3. The van der Waals surface area contributed by atoms with Crippen LogP contribution in [0.25, 0.3) is 22.1 Å². The van der Waals surface area contributed by atoms with Crippen molar-refractivity contribution in [3.8, 4) is 11.3 Å². The number of oxazole rings is 1. The summed E-state index contributed by atoms with van der Waals surface area (Å²) in [5.41, 5.74) is 3.14. The fraction of sp³-hybridized carbons (Fsp3) is 0.296. The molecular weight excluding hydrogens is 458 g/mol. The lowest BCUT2D eigenvalue weighted by Gasteiger charge is -2.39. The van der Waals surface area contributed by atoms with Gasteiger partial charge in [0.15, 0.2) is 12.2 Å². The molecule has 0 aliphatic carbocycles. The van der Waals surface area contributed by atoms with Gasteiger partial charge in [0, 0.05) is 30.9 Å². The van der Waals surface area contributed by atoms with E-state index in [0.717, 1.165) is 59.2 Å². The zero-order valence-electron chi connectivity index (χ0n) is 19.8. The maximum absolute atomic E-state index is 14.2. The standard InChI is InChI=1S/C27H27N5O2S/c1-3-35(2)31-12-9-27(10-13-31)21-8-11-28-15-23(21)32(26(27)33)17-22-25(24-16-29-18-34-24)20-7-5-4-6-19(20)14-30-22/h3-8,11,14-16,18H,9-10,12-13,17H2,1-2H3. The number of amides is 1. The van der Waals surface area contributed by atoms with Crippen LogP contribution in [-0.4, -0.2) is 49.9 Å². The maximum Gasteiger partial charge on any atom is 0.238 e. The monoisotopic (exact) mass is 485 g/mol. The van der Waals surface area contributed by atoms with Gasteiger partial charge in [-0.1, -0.05) is 29.6 Å². The molecule has 8 heteroatoms. The second-order valence-corrected chi connectivity index (χ2v) is 11.1. The topological polar surface area (TPSA) is 75.4 Å². The number of piperidine rings is 1. The highest BCUT2D eigenvalue weighted by molar-refractivity contribution is 8.12. The summed E-state index contributed by atoms with van der Waals surface area (Å²) in [5, 5.41) is 4.29. The van der Waals surface area contributed by atoms with Gasteiger partial charge in [0.1, 0.15) is 0 Å². The second-order valence-electron chi connectivity index (χ2n) is 9.09. The average molecular weight is 486 g/mol. The first-order valence-electron chi connectivity index (χ1n) is 11.8. The summed E-state index contributed by atoms with van der Waals surface area (Å²) in [6, 6.07) is 10.1. The van der Waals surface area contributed by atoms with Gasteiger partial charge in [-0.2, -0.15) is 0 Å². The van der Waals surface area contributed by atoms with Crippen LogP contribution in [0.4, 0.5) is 5.69 Å². The quantitative estimate of drug-likeness (QED) is 0.387. The molecule has 6 rings (SSSR count). The number of hydrogen-bond donors (Lipinski definition) is 0. The van der Waals surface area contributed by atoms with Crippen molar-refractivity contribution in [2.75, 3.05) is 24.2 Å². The van der Waals surface area contributed by atoms with Crippen LogP contribution in [0.15, 0.2) is 65.9 Å².